The summed E-state index contributed by atoms with van der Waals surface area (Å²) in [6, 6.07) is 14.5. The lowest BCUT2D eigenvalue weighted by atomic mass is 10.2. The summed E-state index contributed by atoms with van der Waals surface area (Å²) in [5.74, 6) is 0.146. The molecule has 0 spiro atoms. The van der Waals surface area contributed by atoms with E-state index in [9.17, 15) is 0 Å². The standard InChI is InChI=1S/C7H9N.C6H7NO/c1-6-3-2-4-7(8)5-6;7-5-3-1-2-4-6(5)8/h2-5H,8H2,1H3;1-4,8H,7H2. The van der Waals surface area contributed by atoms with Gasteiger partial charge in [-0.3, -0.25) is 0 Å². The number of phenolic OH excluding ortho intramolecular Hbond substituents is 1. The van der Waals surface area contributed by atoms with Gasteiger partial charge in [0.05, 0.1) is 5.69 Å². The molecule has 0 fully saturated rings. The van der Waals surface area contributed by atoms with Gasteiger partial charge in [0.25, 0.3) is 0 Å². The second-order valence-corrected chi connectivity index (χ2v) is 3.47. The molecule has 2 rings (SSSR count). The fourth-order valence-corrected chi connectivity index (χ4v) is 1.16. The van der Waals surface area contributed by atoms with E-state index in [1.807, 2.05) is 31.2 Å². The molecule has 3 nitrogen and oxygen atoms in total. The van der Waals surface area contributed by atoms with Crippen LogP contribution in [0.25, 0.3) is 0 Å². The lowest BCUT2D eigenvalue weighted by Gasteiger charge is -1.92. The van der Waals surface area contributed by atoms with Crippen molar-refractivity contribution in [1.82, 2.24) is 0 Å². The summed E-state index contributed by atoms with van der Waals surface area (Å²) in [6.07, 6.45) is 0. The molecule has 0 aliphatic rings. The highest BCUT2D eigenvalue weighted by molar-refractivity contribution is 5.50. The number of aryl methyl sites for hydroxylation is 1. The normalized spacial score (nSPS) is 9.06. The first kappa shape index (κ1) is 11.9. The van der Waals surface area contributed by atoms with E-state index in [4.69, 9.17) is 16.6 Å². The molecule has 16 heavy (non-hydrogen) atoms. The summed E-state index contributed by atoms with van der Waals surface area (Å²) in [5.41, 5.74) is 13.2. The van der Waals surface area contributed by atoms with E-state index in [1.54, 1.807) is 24.3 Å². The van der Waals surface area contributed by atoms with Crippen LogP contribution in [0, 0.1) is 6.92 Å². The van der Waals surface area contributed by atoms with Gasteiger partial charge in [-0.25, -0.2) is 0 Å². The van der Waals surface area contributed by atoms with Crippen molar-refractivity contribution in [2.75, 3.05) is 11.5 Å². The van der Waals surface area contributed by atoms with E-state index in [2.05, 4.69) is 0 Å². The van der Waals surface area contributed by atoms with Gasteiger partial charge < -0.3 is 16.6 Å². The lowest BCUT2D eigenvalue weighted by molar-refractivity contribution is 0.478. The van der Waals surface area contributed by atoms with Crippen molar-refractivity contribution in [3.63, 3.8) is 0 Å². The largest absolute Gasteiger partial charge is 0.506 e. The average Bonchev–Trinajstić information content (AvgIpc) is 2.23. The molecule has 0 bridgehead atoms. The number of para-hydroxylation sites is 2. The van der Waals surface area contributed by atoms with Gasteiger partial charge >= 0.3 is 0 Å². The second kappa shape index (κ2) is 5.66. The minimum Gasteiger partial charge on any atom is -0.506 e. The van der Waals surface area contributed by atoms with Crippen molar-refractivity contribution in [2.45, 2.75) is 6.92 Å². The van der Waals surface area contributed by atoms with E-state index in [0.29, 0.717) is 5.69 Å². The number of phenols is 1. The Bertz CT molecular complexity index is 417. The van der Waals surface area contributed by atoms with Gasteiger partial charge in [-0.2, -0.15) is 0 Å². The lowest BCUT2D eigenvalue weighted by Crippen LogP contribution is -1.82. The Labute approximate surface area is 95.3 Å². The highest BCUT2D eigenvalue weighted by atomic mass is 16.3. The van der Waals surface area contributed by atoms with Gasteiger partial charge in [0.2, 0.25) is 0 Å². The van der Waals surface area contributed by atoms with Crippen molar-refractivity contribution in [1.29, 1.82) is 0 Å². The van der Waals surface area contributed by atoms with Gasteiger partial charge in [0.15, 0.2) is 0 Å². The highest BCUT2D eigenvalue weighted by Crippen LogP contribution is 2.16. The SMILES string of the molecule is Cc1cccc(N)c1.Nc1ccccc1O. The van der Waals surface area contributed by atoms with Crippen LogP contribution < -0.4 is 11.5 Å². The third-order valence-electron chi connectivity index (χ3n) is 1.98. The second-order valence-electron chi connectivity index (χ2n) is 3.47. The maximum absolute atomic E-state index is 8.79. The molecule has 0 amide bonds. The molecule has 0 unspecified atom stereocenters. The first-order valence-corrected chi connectivity index (χ1v) is 4.95. The molecule has 0 saturated carbocycles. The number of benzene rings is 2. The summed E-state index contributed by atoms with van der Waals surface area (Å²) < 4.78 is 0. The van der Waals surface area contributed by atoms with Gasteiger partial charge in [-0.15, -0.1) is 0 Å². The monoisotopic (exact) mass is 216 g/mol. The van der Waals surface area contributed by atoms with Crippen LogP contribution in [0.2, 0.25) is 0 Å². The number of nitrogen functional groups attached to an aromatic ring is 2. The van der Waals surface area contributed by atoms with Crippen LogP contribution in [-0.2, 0) is 0 Å². The number of anilines is 2. The maximum atomic E-state index is 8.79. The molecule has 2 aromatic carbocycles. The van der Waals surface area contributed by atoms with E-state index in [0.717, 1.165) is 5.69 Å². The predicted molar refractivity (Wildman–Crippen MR) is 68.1 cm³/mol. The number of hydrogen-bond donors (Lipinski definition) is 3. The molecule has 2 aromatic rings. The molecule has 0 atom stereocenters. The molecule has 0 radical (unpaired) electrons. The van der Waals surface area contributed by atoms with E-state index in [-0.39, 0.29) is 5.75 Å². The Morgan fingerprint density at radius 1 is 0.938 bits per heavy atom. The van der Waals surface area contributed by atoms with Crippen LogP contribution in [0.15, 0.2) is 48.5 Å². The molecule has 84 valence electrons. The molecular formula is C13H16N2O. The molecule has 0 aromatic heterocycles. The van der Waals surface area contributed by atoms with Crippen LogP contribution >= 0.6 is 0 Å². The fraction of sp³-hybridized carbons (Fsp3) is 0.0769. The van der Waals surface area contributed by atoms with Crippen molar-refractivity contribution >= 4 is 11.4 Å². The summed E-state index contributed by atoms with van der Waals surface area (Å²) in [7, 11) is 0. The quantitative estimate of drug-likeness (QED) is 0.468. The van der Waals surface area contributed by atoms with Gasteiger partial charge in [0, 0.05) is 5.69 Å². The number of hydrogen-bond acceptors (Lipinski definition) is 3. The third kappa shape index (κ3) is 3.92. The average molecular weight is 216 g/mol. The third-order valence-corrected chi connectivity index (χ3v) is 1.98. The van der Waals surface area contributed by atoms with Crippen molar-refractivity contribution in [3.8, 4) is 5.75 Å². The van der Waals surface area contributed by atoms with Crippen LogP contribution in [0.5, 0.6) is 5.75 Å². The first-order chi connectivity index (χ1) is 7.59. The minimum absolute atomic E-state index is 0.146. The molecule has 0 saturated heterocycles. The number of nitrogens with two attached hydrogens (primary N) is 2. The maximum Gasteiger partial charge on any atom is 0.138 e. The Morgan fingerprint density at radius 2 is 1.62 bits per heavy atom. The van der Waals surface area contributed by atoms with Crippen molar-refractivity contribution in [3.05, 3.63) is 54.1 Å². The topological polar surface area (TPSA) is 72.3 Å². The zero-order valence-corrected chi connectivity index (χ0v) is 9.22. The minimum atomic E-state index is 0.146. The van der Waals surface area contributed by atoms with Gasteiger partial charge in [-0.1, -0.05) is 24.3 Å². The zero-order chi connectivity index (χ0) is 12.0. The molecule has 3 heteroatoms. The zero-order valence-electron chi connectivity index (χ0n) is 9.22. The van der Waals surface area contributed by atoms with Crippen LogP contribution in [-0.4, -0.2) is 5.11 Å². The smallest absolute Gasteiger partial charge is 0.138 e. The summed E-state index contributed by atoms with van der Waals surface area (Å²) in [6.45, 7) is 2.02. The first-order valence-electron chi connectivity index (χ1n) is 4.95. The van der Waals surface area contributed by atoms with Crippen LogP contribution in [0.4, 0.5) is 11.4 Å². The molecule has 0 aliphatic carbocycles. The fourth-order valence-electron chi connectivity index (χ4n) is 1.16. The van der Waals surface area contributed by atoms with Crippen molar-refractivity contribution < 1.29 is 5.11 Å². The molecule has 0 aliphatic heterocycles. The molecular weight excluding hydrogens is 200 g/mol. The Hall–Kier alpha value is -2.16. The summed E-state index contributed by atoms with van der Waals surface area (Å²) in [4.78, 5) is 0. The van der Waals surface area contributed by atoms with Gasteiger partial charge in [0.1, 0.15) is 5.75 Å². The van der Waals surface area contributed by atoms with Crippen LogP contribution in [0.1, 0.15) is 5.56 Å². The number of aromatic hydroxyl groups is 1. The van der Waals surface area contributed by atoms with Crippen molar-refractivity contribution in [2.24, 2.45) is 0 Å². The Morgan fingerprint density at radius 3 is 2.00 bits per heavy atom. The highest BCUT2D eigenvalue weighted by Gasteiger charge is 1.87. The number of rotatable bonds is 0. The summed E-state index contributed by atoms with van der Waals surface area (Å²) >= 11 is 0. The predicted octanol–water partition coefficient (Wildman–Crippen LogP) is 2.55. The van der Waals surface area contributed by atoms with Crippen LogP contribution in [0.3, 0.4) is 0 Å². The van der Waals surface area contributed by atoms with E-state index in [1.165, 1.54) is 5.56 Å². The van der Waals surface area contributed by atoms with Gasteiger partial charge in [-0.05, 0) is 36.8 Å². The molecule has 5 N–H and O–H groups in total. The molecule has 0 heterocycles. The van der Waals surface area contributed by atoms with E-state index >= 15 is 0 Å². The van der Waals surface area contributed by atoms with E-state index < -0.39 is 0 Å². The Balaban J connectivity index is 0.000000160. The Kier molecular flexibility index (Phi) is 4.21. The summed E-state index contributed by atoms with van der Waals surface area (Å²) in [5, 5.41) is 8.79.